The molecule has 0 saturated carbocycles. The van der Waals surface area contributed by atoms with Crippen molar-refractivity contribution >= 4 is 33.7 Å². The summed E-state index contributed by atoms with van der Waals surface area (Å²) < 4.78 is 5.98. The van der Waals surface area contributed by atoms with Gasteiger partial charge in [0.2, 0.25) is 0 Å². The average Bonchev–Trinajstić information content (AvgIpc) is 2.78. The van der Waals surface area contributed by atoms with Crippen LogP contribution >= 0.6 is 27.7 Å². The van der Waals surface area contributed by atoms with Crippen molar-refractivity contribution in [3.05, 3.63) is 52.4 Å². The van der Waals surface area contributed by atoms with E-state index in [4.69, 9.17) is 9.52 Å². The lowest BCUT2D eigenvalue weighted by Crippen LogP contribution is -1.96. The molecule has 0 bridgehead atoms. The van der Waals surface area contributed by atoms with Gasteiger partial charge in [-0.3, -0.25) is 0 Å². The first-order valence-corrected chi connectivity index (χ1v) is 6.62. The van der Waals surface area contributed by atoms with Crippen molar-refractivity contribution in [3.8, 4) is 0 Å². The van der Waals surface area contributed by atoms with Gasteiger partial charge >= 0.3 is 5.97 Å². The molecule has 1 aromatic heterocycles. The van der Waals surface area contributed by atoms with E-state index >= 15 is 0 Å². The van der Waals surface area contributed by atoms with Crippen LogP contribution in [0.2, 0.25) is 0 Å². The molecule has 2 rings (SSSR count). The number of benzene rings is 1. The molecule has 2 aromatic rings. The smallest absolute Gasteiger partial charge is 0.335 e. The molecule has 0 amide bonds. The summed E-state index contributed by atoms with van der Waals surface area (Å²) in [6.45, 7) is 0. The van der Waals surface area contributed by atoms with Gasteiger partial charge in [-0.15, -0.1) is 11.8 Å². The average molecular weight is 313 g/mol. The molecule has 17 heavy (non-hydrogen) atoms. The summed E-state index contributed by atoms with van der Waals surface area (Å²) in [5.41, 5.74) is 0.279. The van der Waals surface area contributed by atoms with Crippen LogP contribution in [0.15, 0.2) is 50.4 Å². The van der Waals surface area contributed by atoms with Gasteiger partial charge < -0.3 is 9.52 Å². The van der Waals surface area contributed by atoms with Gasteiger partial charge in [0.15, 0.2) is 0 Å². The first-order valence-electron chi connectivity index (χ1n) is 4.84. The highest BCUT2D eigenvalue weighted by Gasteiger charge is 2.07. The van der Waals surface area contributed by atoms with Gasteiger partial charge in [-0.25, -0.2) is 4.79 Å². The van der Waals surface area contributed by atoms with E-state index in [1.165, 1.54) is 11.8 Å². The van der Waals surface area contributed by atoms with Gasteiger partial charge in [0.1, 0.15) is 5.76 Å². The molecular weight excluding hydrogens is 304 g/mol. The fraction of sp³-hybridized carbons (Fsp3) is 0.0833. The van der Waals surface area contributed by atoms with E-state index in [1.54, 1.807) is 18.4 Å². The molecule has 0 fully saturated rings. The summed E-state index contributed by atoms with van der Waals surface area (Å²) in [5, 5.41) is 8.94. The zero-order chi connectivity index (χ0) is 12.3. The molecule has 1 N–H and O–H groups in total. The predicted octanol–water partition coefficient (Wildman–Crippen LogP) is 4.03. The van der Waals surface area contributed by atoms with Crippen molar-refractivity contribution in [1.82, 2.24) is 0 Å². The number of rotatable bonds is 4. The van der Waals surface area contributed by atoms with Crippen LogP contribution < -0.4 is 0 Å². The number of carboxylic acid groups (broad SMARTS) is 1. The van der Waals surface area contributed by atoms with Crippen LogP contribution in [0.25, 0.3) is 0 Å². The minimum Gasteiger partial charge on any atom is -0.478 e. The lowest BCUT2D eigenvalue weighted by atomic mass is 10.2. The van der Waals surface area contributed by atoms with Crippen LogP contribution in [-0.4, -0.2) is 11.1 Å². The Kier molecular flexibility index (Phi) is 3.91. The molecule has 0 unspecified atom stereocenters. The maximum absolute atomic E-state index is 10.9. The summed E-state index contributed by atoms with van der Waals surface area (Å²) >= 11 is 4.84. The van der Waals surface area contributed by atoms with E-state index in [2.05, 4.69) is 15.9 Å². The third kappa shape index (κ3) is 3.38. The second kappa shape index (κ2) is 5.42. The standard InChI is InChI=1S/C12H9BrO3S/c13-9-4-8(12(14)15)5-11(6-9)17-7-10-2-1-3-16-10/h1-6H,7H2,(H,14,15). The fourth-order valence-electron chi connectivity index (χ4n) is 1.32. The molecule has 0 spiro atoms. The summed E-state index contributed by atoms with van der Waals surface area (Å²) in [6.07, 6.45) is 1.62. The minimum absolute atomic E-state index is 0.279. The lowest BCUT2D eigenvalue weighted by molar-refractivity contribution is 0.0696. The van der Waals surface area contributed by atoms with Crippen LogP contribution in [0.1, 0.15) is 16.1 Å². The number of thioether (sulfide) groups is 1. The molecule has 0 aliphatic heterocycles. The van der Waals surface area contributed by atoms with Crippen molar-refractivity contribution in [2.24, 2.45) is 0 Å². The lowest BCUT2D eigenvalue weighted by Gasteiger charge is -2.03. The molecule has 0 saturated heterocycles. The Hall–Kier alpha value is -1.20. The van der Waals surface area contributed by atoms with Crippen molar-refractivity contribution in [3.63, 3.8) is 0 Å². The zero-order valence-electron chi connectivity index (χ0n) is 8.72. The summed E-state index contributed by atoms with van der Waals surface area (Å²) in [5.74, 6) is 0.626. The quantitative estimate of drug-likeness (QED) is 0.866. The molecule has 0 aliphatic carbocycles. The fourth-order valence-corrected chi connectivity index (χ4v) is 2.86. The van der Waals surface area contributed by atoms with E-state index in [0.717, 1.165) is 15.1 Å². The maximum atomic E-state index is 10.9. The zero-order valence-corrected chi connectivity index (χ0v) is 11.1. The van der Waals surface area contributed by atoms with Crippen molar-refractivity contribution in [1.29, 1.82) is 0 Å². The second-order valence-electron chi connectivity index (χ2n) is 3.35. The summed E-state index contributed by atoms with van der Waals surface area (Å²) in [6, 6.07) is 8.85. The van der Waals surface area contributed by atoms with Gasteiger partial charge in [0.05, 0.1) is 17.6 Å². The van der Waals surface area contributed by atoms with E-state index < -0.39 is 5.97 Å². The molecule has 0 atom stereocenters. The topological polar surface area (TPSA) is 50.4 Å². The van der Waals surface area contributed by atoms with Gasteiger partial charge in [0, 0.05) is 9.37 Å². The van der Waals surface area contributed by atoms with Crippen LogP contribution in [0, 0.1) is 0 Å². The van der Waals surface area contributed by atoms with Crippen LogP contribution in [0.3, 0.4) is 0 Å². The second-order valence-corrected chi connectivity index (χ2v) is 5.31. The normalized spacial score (nSPS) is 10.4. The molecule has 3 nitrogen and oxygen atoms in total. The summed E-state index contributed by atoms with van der Waals surface area (Å²) in [4.78, 5) is 11.8. The highest BCUT2D eigenvalue weighted by Crippen LogP contribution is 2.27. The van der Waals surface area contributed by atoms with Crippen molar-refractivity contribution in [2.45, 2.75) is 10.6 Å². The molecule has 88 valence electrons. The van der Waals surface area contributed by atoms with E-state index in [-0.39, 0.29) is 5.56 Å². The van der Waals surface area contributed by atoms with Crippen LogP contribution in [0.5, 0.6) is 0 Å². The number of halogens is 1. The van der Waals surface area contributed by atoms with Gasteiger partial charge in [-0.1, -0.05) is 15.9 Å². The number of furan rings is 1. The minimum atomic E-state index is -0.925. The first-order chi connectivity index (χ1) is 8.15. The van der Waals surface area contributed by atoms with Gasteiger partial charge in [-0.05, 0) is 30.3 Å². The highest BCUT2D eigenvalue weighted by molar-refractivity contribution is 9.10. The number of carboxylic acids is 1. The molecule has 1 aromatic carbocycles. The van der Waals surface area contributed by atoms with Gasteiger partial charge in [0.25, 0.3) is 0 Å². The Labute approximate surface area is 111 Å². The molecule has 5 heteroatoms. The highest BCUT2D eigenvalue weighted by atomic mass is 79.9. The largest absolute Gasteiger partial charge is 0.478 e. The first kappa shape index (κ1) is 12.3. The van der Waals surface area contributed by atoms with E-state index in [1.807, 2.05) is 18.2 Å². The van der Waals surface area contributed by atoms with Crippen LogP contribution in [-0.2, 0) is 5.75 Å². The third-order valence-electron chi connectivity index (χ3n) is 2.08. The molecule has 1 heterocycles. The van der Waals surface area contributed by atoms with E-state index in [9.17, 15) is 4.79 Å². The number of aromatic carboxylic acids is 1. The Balaban J connectivity index is 2.13. The van der Waals surface area contributed by atoms with Crippen molar-refractivity contribution < 1.29 is 14.3 Å². The van der Waals surface area contributed by atoms with Crippen LogP contribution in [0.4, 0.5) is 0 Å². The third-order valence-corrected chi connectivity index (χ3v) is 3.54. The summed E-state index contributed by atoms with van der Waals surface area (Å²) in [7, 11) is 0. The van der Waals surface area contributed by atoms with E-state index in [0.29, 0.717) is 5.75 Å². The maximum Gasteiger partial charge on any atom is 0.335 e. The number of hydrogen-bond donors (Lipinski definition) is 1. The van der Waals surface area contributed by atoms with Crippen molar-refractivity contribution in [2.75, 3.05) is 0 Å². The Morgan fingerprint density at radius 3 is 2.88 bits per heavy atom. The number of hydrogen-bond acceptors (Lipinski definition) is 3. The molecule has 0 aliphatic rings. The number of carbonyl (C=O) groups is 1. The Morgan fingerprint density at radius 2 is 2.24 bits per heavy atom. The molecular formula is C12H9BrO3S. The Morgan fingerprint density at radius 1 is 1.41 bits per heavy atom. The monoisotopic (exact) mass is 312 g/mol. The van der Waals surface area contributed by atoms with Gasteiger partial charge in [-0.2, -0.15) is 0 Å². The SMILES string of the molecule is O=C(O)c1cc(Br)cc(SCc2ccco2)c1. The Bertz CT molecular complexity index is 523. The molecule has 0 radical (unpaired) electrons. The predicted molar refractivity (Wildman–Crippen MR) is 69.4 cm³/mol.